The Labute approximate surface area is 187 Å². The zero-order chi connectivity index (χ0) is 22.1. The molecule has 0 spiro atoms. The van der Waals surface area contributed by atoms with E-state index in [-0.39, 0.29) is 0 Å². The number of benzene rings is 2. The van der Waals surface area contributed by atoms with E-state index in [1.54, 1.807) is 7.11 Å². The summed E-state index contributed by atoms with van der Waals surface area (Å²) in [6, 6.07) is 17.4. The normalized spacial score (nSPS) is 15.8. The Bertz CT molecular complexity index is 845. The maximum Gasteiger partial charge on any atom is 0.191 e. The minimum atomic E-state index is 0.291. The summed E-state index contributed by atoms with van der Waals surface area (Å²) in [5.74, 6) is 1.73. The SMILES string of the molecule is CN=C(NCc1cccc(CN(C)C)c1)NCC(c1cccc(OC)c1)N1CCCC1. The number of hydrogen-bond acceptors (Lipinski definition) is 4. The van der Waals surface area contributed by atoms with Gasteiger partial charge in [-0.15, -0.1) is 0 Å². The standard InChI is InChI=1S/C25H37N5O/c1-26-25(27-17-20-9-7-10-21(15-20)19-29(2)3)28-18-24(30-13-5-6-14-30)22-11-8-12-23(16-22)31-4/h7-12,15-16,24H,5-6,13-14,17-19H2,1-4H3,(H2,26,27,28). The highest BCUT2D eigenvalue weighted by atomic mass is 16.5. The Morgan fingerprint density at radius 2 is 1.81 bits per heavy atom. The molecule has 6 heteroatoms. The minimum absolute atomic E-state index is 0.291. The molecular formula is C25H37N5O. The van der Waals surface area contributed by atoms with Gasteiger partial charge < -0.3 is 20.3 Å². The molecule has 2 aromatic rings. The van der Waals surface area contributed by atoms with Gasteiger partial charge in [-0.1, -0.05) is 36.4 Å². The summed E-state index contributed by atoms with van der Waals surface area (Å²) in [7, 11) is 7.74. The number of hydrogen-bond donors (Lipinski definition) is 2. The Balaban J connectivity index is 1.61. The van der Waals surface area contributed by atoms with Crippen LogP contribution in [-0.2, 0) is 13.1 Å². The minimum Gasteiger partial charge on any atom is -0.497 e. The monoisotopic (exact) mass is 423 g/mol. The zero-order valence-electron chi connectivity index (χ0n) is 19.4. The first kappa shape index (κ1) is 23.1. The van der Waals surface area contributed by atoms with Gasteiger partial charge in [0.2, 0.25) is 0 Å². The predicted octanol–water partition coefficient (Wildman–Crippen LogP) is 3.26. The van der Waals surface area contributed by atoms with Crippen LogP contribution in [0, 0.1) is 0 Å². The molecule has 2 aromatic carbocycles. The van der Waals surface area contributed by atoms with Gasteiger partial charge in [0, 0.05) is 26.7 Å². The summed E-state index contributed by atoms with van der Waals surface area (Å²) in [4.78, 5) is 9.18. The van der Waals surface area contributed by atoms with E-state index < -0.39 is 0 Å². The number of aliphatic imine (C=N–C) groups is 1. The summed E-state index contributed by atoms with van der Waals surface area (Å²) < 4.78 is 5.46. The second-order valence-electron chi connectivity index (χ2n) is 8.40. The van der Waals surface area contributed by atoms with Gasteiger partial charge in [0.25, 0.3) is 0 Å². The lowest BCUT2D eigenvalue weighted by Gasteiger charge is -2.29. The number of nitrogens with one attached hydrogen (secondary N) is 2. The number of ether oxygens (including phenoxy) is 1. The van der Waals surface area contributed by atoms with E-state index in [4.69, 9.17) is 4.74 Å². The Hall–Kier alpha value is -2.57. The van der Waals surface area contributed by atoms with Crippen LogP contribution in [-0.4, -0.2) is 63.6 Å². The molecule has 6 nitrogen and oxygen atoms in total. The maximum atomic E-state index is 5.46. The third-order valence-corrected chi connectivity index (χ3v) is 5.70. The fraction of sp³-hybridized carbons (Fsp3) is 0.480. The Morgan fingerprint density at radius 3 is 2.52 bits per heavy atom. The molecule has 0 bridgehead atoms. The smallest absolute Gasteiger partial charge is 0.191 e. The van der Waals surface area contributed by atoms with E-state index in [2.05, 4.69) is 82.0 Å². The van der Waals surface area contributed by atoms with Crippen LogP contribution in [0.3, 0.4) is 0 Å². The number of guanidine groups is 1. The molecular weight excluding hydrogens is 386 g/mol. The van der Waals surface area contributed by atoms with Gasteiger partial charge >= 0.3 is 0 Å². The van der Waals surface area contributed by atoms with Crippen molar-refractivity contribution in [3.63, 3.8) is 0 Å². The Morgan fingerprint density at radius 1 is 1.06 bits per heavy atom. The first-order valence-corrected chi connectivity index (χ1v) is 11.1. The molecule has 1 aliphatic rings. The largest absolute Gasteiger partial charge is 0.497 e. The van der Waals surface area contributed by atoms with E-state index in [9.17, 15) is 0 Å². The second-order valence-corrected chi connectivity index (χ2v) is 8.40. The first-order valence-electron chi connectivity index (χ1n) is 11.1. The van der Waals surface area contributed by atoms with E-state index in [0.717, 1.165) is 44.4 Å². The highest BCUT2D eigenvalue weighted by Gasteiger charge is 2.24. The van der Waals surface area contributed by atoms with Crippen LogP contribution in [0.1, 0.15) is 35.6 Å². The third kappa shape index (κ3) is 6.97. The highest BCUT2D eigenvalue weighted by molar-refractivity contribution is 5.79. The van der Waals surface area contributed by atoms with Crippen molar-refractivity contribution in [3.05, 3.63) is 65.2 Å². The van der Waals surface area contributed by atoms with Crippen LogP contribution in [0.25, 0.3) is 0 Å². The van der Waals surface area contributed by atoms with Crippen molar-refractivity contribution in [1.29, 1.82) is 0 Å². The van der Waals surface area contributed by atoms with Gasteiger partial charge in [-0.05, 0) is 68.8 Å². The van der Waals surface area contributed by atoms with E-state index in [0.29, 0.717) is 6.04 Å². The number of rotatable bonds is 9. The van der Waals surface area contributed by atoms with Gasteiger partial charge in [-0.3, -0.25) is 9.89 Å². The molecule has 2 N–H and O–H groups in total. The van der Waals surface area contributed by atoms with Crippen molar-refractivity contribution in [1.82, 2.24) is 20.4 Å². The number of methoxy groups -OCH3 is 1. The summed E-state index contributed by atoms with van der Waals surface area (Å²) in [5.41, 5.74) is 3.85. The van der Waals surface area contributed by atoms with Crippen molar-refractivity contribution in [2.24, 2.45) is 4.99 Å². The average Bonchev–Trinajstić information content (AvgIpc) is 3.30. The summed E-state index contributed by atoms with van der Waals surface area (Å²) in [6.07, 6.45) is 2.52. The van der Waals surface area contributed by atoms with Gasteiger partial charge in [0.05, 0.1) is 13.2 Å². The average molecular weight is 424 g/mol. The fourth-order valence-corrected chi connectivity index (χ4v) is 4.16. The molecule has 1 heterocycles. The zero-order valence-corrected chi connectivity index (χ0v) is 19.4. The molecule has 0 saturated carbocycles. The van der Waals surface area contributed by atoms with Gasteiger partial charge in [-0.2, -0.15) is 0 Å². The lowest BCUT2D eigenvalue weighted by molar-refractivity contribution is 0.245. The highest BCUT2D eigenvalue weighted by Crippen LogP contribution is 2.27. The third-order valence-electron chi connectivity index (χ3n) is 5.70. The van der Waals surface area contributed by atoms with Gasteiger partial charge in [0.15, 0.2) is 5.96 Å². The quantitative estimate of drug-likeness (QED) is 0.479. The first-order chi connectivity index (χ1) is 15.1. The van der Waals surface area contributed by atoms with Crippen LogP contribution in [0.2, 0.25) is 0 Å². The summed E-state index contributed by atoms with van der Waals surface area (Å²) in [5, 5.41) is 7.02. The van der Waals surface area contributed by atoms with E-state index >= 15 is 0 Å². The molecule has 31 heavy (non-hydrogen) atoms. The molecule has 1 unspecified atom stereocenters. The maximum absolute atomic E-state index is 5.46. The van der Waals surface area contributed by atoms with Crippen LogP contribution >= 0.6 is 0 Å². The number of likely N-dealkylation sites (tertiary alicyclic amines) is 1. The van der Waals surface area contributed by atoms with Gasteiger partial charge in [0.1, 0.15) is 5.75 Å². The molecule has 3 rings (SSSR count). The molecule has 1 fully saturated rings. The van der Waals surface area contributed by atoms with Crippen LogP contribution in [0.15, 0.2) is 53.5 Å². The molecule has 0 aliphatic carbocycles. The molecule has 0 aromatic heterocycles. The van der Waals surface area contributed by atoms with E-state index in [1.807, 2.05) is 13.1 Å². The predicted molar refractivity (Wildman–Crippen MR) is 129 cm³/mol. The van der Waals surface area contributed by atoms with Crippen molar-refractivity contribution >= 4 is 5.96 Å². The molecule has 0 amide bonds. The lowest BCUT2D eigenvalue weighted by Crippen LogP contribution is -2.42. The molecule has 1 saturated heterocycles. The van der Waals surface area contributed by atoms with Crippen molar-refractivity contribution in [2.75, 3.05) is 47.9 Å². The van der Waals surface area contributed by atoms with Crippen molar-refractivity contribution in [3.8, 4) is 5.75 Å². The summed E-state index contributed by atoms with van der Waals surface area (Å²) >= 11 is 0. The van der Waals surface area contributed by atoms with Crippen LogP contribution in [0.5, 0.6) is 5.75 Å². The number of nitrogens with zero attached hydrogens (tertiary/aromatic N) is 3. The fourth-order valence-electron chi connectivity index (χ4n) is 4.16. The van der Waals surface area contributed by atoms with Crippen molar-refractivity contribution < 1.29 is 4.74 Å². The Kier molecular flexibility index (Phi) is 8.74. The topological polar surface area (TPSA) is 52.1 Å². The van der Waals surface area contributed by atoms with Crippen LogP contribution in [0.4, 0.5) is 0 Å². The van der Waals surface area contributed by atoms with Gasteiger partial charge in [-0.25, -0.2) is 0 Å². The van der Waals surface area contributed by atoms with Crippen molar-refractivity contribution in [2.45, 2.75) is 32.0 Å². The summed E-state index contributed by atoms with van der Waals surface area (Å²) in [6.45, 7) is 4.75. The molecule has 1 aliphatic heterocycles. The molecule has 0 radical (unpaired) electrons. The lowest BCUT2D eigenvalue weighted by atomic mass is 10.1. The van der Waals surface area contributed by atoms with Crippen LogP contribution < -0.4 is 15.4 Å². The molecule has 168 valence electrons. The van der Waals surface area contributed by atoms with E-state index in [1.165, 1.54) is 29.5 Å². The molecule has 1 atom stereocenters. The second kappa shape index (κ2) is 11.7.